The molecule has 0 radical (unpaired) electrons. The molecule has 0 spiro atoms. The predicted molar refractivity (Wildman–Crippen MR) is 107 cm³/mol. The van der Waals surface area contributed by atoms with Crippen LogP contribution in [0.3, 0.4) is 0 Å². The molecule has 0 bridgehead atoms. The third-order valence-electron chi connectivity index (χ3n) is 3.93. The number of benzene rings is 2. The van der Waals surface area contributed by atoms with Crippen LogP contribution in [0.25, 0.3) is 16.4 Å². The van der Waals surface area contributed by atoms with Crippen LogP contribution in [0.15, 0.2) is 77.3 Å². The Hall–Kier alpha value is -2.97. The Kier molecular flexibility index (Phi) is 4.99. The number of hydrogen-bond donors (Lipinski definition) is 0. The van der Waals surface area contributed by atoms with Crippen molar-refractivity contribution < 1.29 is 4.92 Å². The molecule has 6 nitrogen and oxygen atoms in total. The number of thiophene rings is 1. The molecule has 8 heteroatoms. The predicted octanol–water partition coefficient (Wildman–Crippen LogP) is 5.20. The minimum Gasteiger partial charge on any atom is -0.269 e. The number of nitrogens with zero attached hydrogens (tertiary/aromatic N) is 4. The molecule has 4 rings (SSSR count). The summed E-state index contributed by atoms with van der Waals surface area (Å²) in [7, 11) is 0. The van der Waals surface area contributed by atoms with Crippen LogP contribution in [0.5, 0.6) is 0 Å². The van der Waals surface area contributed by atoms with Crippen molar-refractivity contribution in [2.75, 3.05) is 0 Å². The molecule has 27 heavy (non-hydrogen) atoms. The monoisotopic (exact) mass is 394 g/mol. The van der Waals surface area contributed by atoms with Gasteiger partial charge in [0, 0.05) is 23.1 Å². The summed E-state index contributed by atoms with van der Waals surface area (Å²) in [4.78, 5) is 11.9. The van der Waals surface area contributed by atoms with Gasteiger partial charge in [-0.2, -0.15) is 0 Å². The SMILES string of the molecule is O=[N+]([O-])c1ccccc1CSc1nnc(-c2cccs2)n1-c1ccccc1. The maximum Gasteiger partial charge on any atom is 0.273 e. The van der Waals surface area contributed by atoms with Crippen LogP contribution in [-0.4, -0.2) is 19.7 Å². The molecule has 0 aliphatic heterocycles. The Morgan fingerprint density at radius 2 is 1.78 bits per heavy atom. The maximum absolute atomic E-state index is 11.2. The Labute approximate surface area is 163 Å². The first kappa shape index (κ1) is 17.4. The summed E-state index contributed by atoms with van der Waals surface area (Å²) in [6.45, 7) is 0. The zero-order valence-electron chi connectivity index (χ0n) is 14.1. The van der Waals surface area contributed by atoms with Gasteiger partial charge in [0.2, 0.25) is 0 Å². The molecule has 4 aromatic rings. The van der Waals surface area contributed by atoms with Gasteiger partial charge in [0.05, 0.1) is 9.80 Å². The molecule has 0 saturated carbocycles. The van der Waals surface area contributed by atoms with Gasteiger partial charge >= 0.3 is 0 Å². The molecular formula is C19H14N4O2S2. The lowest BCUT2D eigenvalue weighted by Gasteiger charge is -2.09. The molecule has 2 aromatic heterocycles. The van der Waals surface area contributed by atoms with E-state index < -0.39 is 0 Å². The molecule has 0 aliphatic carbocycles. The number of nitro groups is 1. The summed E-state index contributed by atoms with van der Waals surface area (Å²) in [6, 6.07) is 20.6. The van der Waals surface area contributed by atoms with Crippen molar-refractivity contribution in [2.45, 2.75) is 10.9 Å². The Balaban J connectivity index is 1.71. The van der Waals surface area contributed by atoms with Gasteiger partial charge in [0.1, 0.15) is 0 Å². The average molecular weight is 394 g/mol. The molecule has 0 saturated heterocycles. The van der Waals surface area contributed by atoms with Gasteiger partial charge in [-0.1, -0.05) is 54.2 Å². The van der Waals surface area contributed by atoms with E-state index in [-0.39, 0.29) is 10.6 Å². The number of nitro benzene ring substituents is 1. The van der Waals surface area contributed by atoms with Gasteiger partial charge in [0.15, 0.2) is 11.0 Å². The van der Waals surface area contributed by atoms with E-state index in [2.05, 4.69) is 10.2 Å². The van der Waals surface area contributed by atoms with E-state index in [0.29, 0.717) is 16.5 Å². The third-order valence-corrected chi connectivity index (χ3v) is 5.78. The molecule has 0 unspecified atom stereocenters. The van der Waals surface area contributed by atoms with Gasteiger partial charge in [-0.25, -0.2) is 0 Å². The van der Waals surface area contributed by atoms with Crippen molar-refractivity contribution in [2.24, 2.45) is 0 Å². The molecule has 2 heterocycles. The van der Waals surface area contributed by atoms with Crippen LogP contribution in [0, 0.1) is 10.1 Å². The Morgan fingerprint density at radius 3 is 2.52 bits per heavy atom. The quantitative estimate of drug-likeness (QED) is 0.255. The first-order valence-electron chi connectivity index (χ1n) is 8.14. The average Bonchev–Trinajstić information content (AvgIpc) is 3.36. The van der Waals surface area contributed by atoms with Crippen LogP contribution in [0.1, 0.15) is 5.56 Å². The maximum atomic E-state index is 11.2. The zero-order valence-corrected chi connectivity index (χ0v) is 15.7. The highest BCUT2D eigenvalue weighted by atomic mass is 32.2. The lowest BCUT2D eigenvalue weighted by Crippen LogP contribution is -1.99. The topological polar surface area (TPSA) is 73.8 Å². The second-order valence-corrected chi connectivity index (χ2v) is 7.52. The number of thioether (sulfide) groups is 1. The van der Waals surface area contributed by atoms with E-state index in [1.54, 1.807) is 23.5 Å². The second kappa shape index (κ2) is 7.73. The molecule has 0 amide bonds. The fourth-order valence-electron chi connectivity index (χ4n) is 2.69. The largest absolute Gasteiger partial charge is 0.273 e. The number of rotatable bonds is 6. The van der Waals surface area contributed by atoms with Gasteiger partial charge in [0.25, 0.3) is 5.69 Å². The van der Waals surface area contributed by atoms with Crippen LogP contribution in [0.4, 0.5) is 5.69 Å². The summed E-state index contributed by atoms with van der Waals surface area (Å²) in [5.41, 5.74) is 1.73. The van der Waals surface area contributed by atoms with Crippen molar-refractivity contribution >= 4 is 28.8 Å². The zero-order chi connectivity index (χ0) is 18.6. The Morgan fingerprint density at radius 1 is 1.00 bits per heavy atom. The lowest BCUT2D eigenvalue weighted by atomic mass is 10.2. The fourth-order valence-corrected chi connectivity index (χ4v) is 4.34. The highest BCUT2D eigenvalue weighted by molar-refractivity contribution is 7.98. The van der Waals surface area contributed by atoms with Gasteiger partial charge in [-0.3, -0.25) is 14.7 Å². The van der Waals surface area contributed by atoms with E-state index in [1.165, 1.54) is 17.8 Å². The number of para-hydroxylation sites is 2. The van der Waals surface area contributed by atoms with E-state index in [1.807, 2.05) is 58.5 Å². The first-order chi connectivity index (χ1) is 13.2. The smallest absolute Gasteiger partial charge is 0.269 e. The summed E-state index contributed by atoms with van der Waals surface area (Å²) in [5.74, 6) is 1.20. The normalized spacial score (nSPS) is 10.8. The molecule has 0 N–H and O–H groups in total. The van der Waals surface area contributed by atoms with E-state index in [9.17, 15) is 10.1 Å². The summed E-state index contributed by atoms with van der Waals surface area (Å²) >= 11 is 3.03. The Bertz CT molecular complexity index is 1060. The van der Waals surface area contributed by atoms with Crippen LogP contribution < -0.4 is 0 Å². The molecular weight excluding hydrogens is 380 g/mol. The van der Waals surface area contributed by atoms with Gasteiger partial charge in [-0.15, -0.1) is 21.5 Å². The van der Waals surface area contributed by atoms with Crippen LogP contribution in [-0.2, 0) is 5.75 Å². The van der Waals surface area contributed by atoms with Crippen molar-refractivity contribution in [1.29, 1.82) is 0 Å². The number of hydrogen-bond acceptors (Lipinski definition) is 6. The first-order valence-corrected chi connectivity index (χ1v) is 10.0. The summed E-state index contributed by atoms with van der Waals surface area (Å²) < 4.78 is 1.99. The minimum absolute atomic E-state index is 0.120. The van der Waals surface area contributed by atoms with Gasteiger partial charge in [-0.05, 0) is 23.6 Å². The lowest BCUT2D eigenvalue weighted by molar-refractivity contribution is -0.385. The summed E-state index contributed by atoms with van der Waals surface area (Å²) in [5, 5.41) is 22.7. The van der Waals surface area contributed by atoms with E-state index in [0.717, 1.165) is 16.4 Å². The van der Waals surface area contributed by atoms with Gasteiger partial charge < -0.3 is 0 Å². The van der Waals surface area contributed by atoms with E-state index >= 15 is 0 Å². The second-order valence-electron chi connectivity index (χ2n) is 5.63. The summed E-state index contributed by atoms with van der Waals surface area (Å²) in [6.07, 6.45) is 0. The van der Waals surface area contributed by atoms with E-state index in [4.69, 9.17) is 0 Å². The van der Waals surface area contributed by atoms with Crippen molar-refractivity contribution in [3.05, 3.63) is 87.8 Å². The molecule has 0 aliphatic rings. The van der Waals surface area contributed by atoms with Crippen LogP contribution >= 0.6 is 23.1 Å². The van der Waals surface area contributed by atoms with Crippen LogP contribution in [0.2, 0.25) is 0 Å². The fraction of sp³-hybridized carbons (Fsp3) is 0.0526. The van der Waals surface area contributed by atoms with Crippen molar-refractivity contribution in [1.82, 2.24) is 14.8 Å². The molecule has 2 aromatic carbocycles. The third kappa shape index (κ3) is 3.62. The molecule has 0 fully saturated rings. The highest BCUT2D eigenvalue weighted by Crippen LogP contribution is 2.33. The number of aromatic nitrogens is 3. The molecule has 134 valence electrons. The molecule has 0 atom stereocenters. The highest BCUT2D eigenvalue weighted by Gasteiger charge is 2.19. The van der Waals surface area contributed by atoms with Crippen molar-refractivity contribution in [3.63, 3.8) is 0 Å². The van der Waals surface area contributed by atoms with Crippen molar-refractivity contribution in [3.8, 4) is 16.4 Å². The minimum atomic E-state index is -0.352. The standard InChI is InChI=1S/C19H14N4O2S2/c24-23(25)16-10-5-4-7-14(16)13-27-19-21-20-18(17-11-6-12-26-17)22(19)15-8-2-1-3-9-15/h1-12H,13H2.